The molecule has 0 aromatic heterocycles. The standard InChI is InChI=1S/C20H32N2O3/c1-4-20(15-23)9-12-22(13-10-20)19(24)21-11-14-25-18-8-6-5-7-17(18)16(2)3/h5-8,16,23H,4,9-15H2,1-3H3,(H,21,24). The number of carbonyl (C=O) groups is 1. The van der Waals surface area contributed by atoms with Gasteiger partial charge in [-0.1, -0.05) is 39.0 Å². The van der Waals surface area contributed by atoms with Crippen molar-refractivity contribution in [3.8, 4) is 5.75 Å². The largest absolute Gasteiger partial charge is 0.491 e. The second-order valence-corrected chi connectivity index (χ2v) is 7.27. The minimum absolute atomic E-state index is 0.000444. The monoisotopic (exact) mass is 348 g/mol. The Bertz CT molecular complexity index is 546. The fourth-order valence-corrected chi connectivity index (χ4v) is 3.33. The molecule has 0 saturated carbocycles. The average molecular weight is 348 g/mol. The number of hydrogen-bond donors (Lipinski definition) is 2. The summed E-state index contributed by atoms with van der Waals surface area (Å²) in [6.45, 7) is 8.96. The van der Waals surface area contributed by atoms with Crippen LogP contribution < -0.4 is 10.1 Å². The predicted molar refractivity (Wildman–Crippen MR) is 100 cm³/mol. The van der Waals surface area contributed by atoms with Crippen LogP contribution in [0.3, 0.4) is 0 Å². The number of likely N-dealkylation sites (tertiary alicyclic amines) is 1. The van der Waals surface area contributed by atoms with E-state index in [-0.39, 0.29) is 18.1 Å². The molecule has 0 unspecified atom stereocenters. The van der Waals surface area contributed by atoms with E-state index in [2.05, 4.69) is 32.2 Å². The van der Waals surface area contributed by atoms with Crippen LogP contribution in [0.4, 0.5) is 4.79 Å². The van der Waals surface area contributed by atoms with Crippen molar-refractivity contribution in [2.24, 2.45) is 5.41 Å². The van der Waals surface area contributed by atoms with Gasteiger partial charge in [-0.3, -0.25) is 0 Å². The highest BCUT2D eigenvalue weighted by molar-refractivity contribution is 5.74. The van der Waals surface area contributed by atoms with Gasteiger partial charge in [0.15, 0.2) is 0 Å². The van der Waals surface area contributed by atoms with Crippen LogP contribution in [0, 0.1) is 5.41 Å². The van der Waals surface area contributed by atoms with Gasteiger partial charge < -0.3 is 20.1 Å². The fraction of sp³-hybridized carbons (Fsp3) is 0.650. The van der Waals surface area contributed by atoms with Crippen LogP contribution in [0.2, 0.25) is 0 Å². The van der Waals surface area contributed by atoms with Gasteiger partial charge in [0.25, 0.3) is 0 Å². The number of aliphatic hydroxyl groups is 1. The molecule has 2 amide bonds. The number of para-hydroxylation sites is 1. The molecule has 2 N–H and O–H groups in total. The minimum atomic E-state index is -0.0385. The maximum absolute atomic E-state index is 12.3. The summed E-state index contributed by atoms with van der Waals surface area (Å²) in [6.07, 6.45) is 2.69. The summed E-state index contributed by atoms with van der Waals surface area (Å²) in [6, 6.07) is 8.00. The first-order valence-corrected chi connectivity index (χ1v) is 9.36. The molecule has 1 aromatic carbocycles. The SMILES string of the molecule is CCC1(CO)CCN(C(=O)NCCOc2ccccc2C(C)C)CC1. The Hall–Kier alpha value is -1.75. The van der Waals surface area contributed by atoms with E-state index in [0.29, 0.717) is 32.2 Å². The number of nitrogens with one attached hydrogen (secondary N) is 1. The van der Waals surface area contributed by atoms with Crippen LogP contribution in [0.15, 0.2) is 24.3 Å². The zero-order valence-corrected chi connectivity index (χ0v) is 15.8. The summed E-state index contributed by atoms with van der Waals surface area (Å²) in [4.78, 5) is 14.1. The lowest BCUT2D eigenvalue weighted by molar-refractivity contribution is 0.0518. The number of aliphatic hydroxyl groups excluding tert-OH is 1. The zero-order valence-electron chi connectivity index (χ0n) is 15.8. The number of nitrogens with zero attached hydrogens (tertiary/aromatic N) is 1. The zero-order chi connectivity index (χ0) is 18.3. The number of carbonyl (C=O) groups excluding carboxylic acids is 1. The molecule has 1 aromatic rings. The first-order chi connectivity index (χ1) is 12.0. The van der Waals surface area contributed by atoms with Crippen LogP contribution in [-0.4, -0.2) is 48.9 Å². The highest BCUT2D eigenvalue weighted by atomic mass is 16.5. The highest BCUT2D eigenvalue weighted by Gasteiger charge is 2.33. The predicted octanol–water partition coefficient (Wildman–Crippen LogP) is 3.38. The van der Waals surface area contributed by atoms with E-state index in [1.165, 1.54) is 5.56 Å². The maximum atomic E-state index is 12.3. The fourth-order valence-electron chi connectivity index (χ4n) is 3.33. The molecule has 1 aliphatic rings. The van der Waals surface area contributed by atoms with Crippen LogP contribution in [0.1, 0.15) is 51.5 Å². The summed E-state index contributed by atoms with van der Waals surface area (Å²) in [5.41, 5.74) is 1.19. The number of urea groups is 1. The Kier molecular flexibility index (Phi) is 7.12. The van der Waals surface area contributed by atoms with Crippen molar-refractivity contribution < 1.29 is 14.6 Å². The Balaban J connectivity index is 1.73. The summed E-state index contributed by atoms with van der Waals surface area (Å²) in [5.74, 6) is 1.30. The number of hydrogen-bond acceptors (Lipinski definition) is 3. The summed E-state index contributed by atoms with van der Waals surface area (Å²) in [7, 11) is 0. The van der Waals surface area contributed by atoms with Gasteiger partial charge in [0.2, 0.25) is 0 Å². The van der Waals surface area contributed by atoms with Crippen molar-refractivity contribution >= 4 is 6.03 Å². The van der Waals surface area contributed by atoms with E-state index < -0.39 is 0 Å². The van der Waals surface area contributed by atoms with Crippen LogP contribution in [0.25, 0.3) is 0 Å². The van der Waals surface area contributed by atoms with E-state index in [9.17, 15) is 9.90 Å². The van der Waals surface area contributed by atoms with Crippen LogP contribution in [-0.2, 0) is 0 Å². The van der Waals surface area contributed by atoms with Crippen LogP contribution in [0.5, 0.6) is 5.75 Å². The topological polar surface area (TPSA) is 61.8 Å². The lowest BCUT2D eigenvalue weighted by Gasteiger charge is -2.40. The molecule has 140 valence electrons. The Morgan fingerprint density at radius 2 is 2.00 bits per heavy atom. The number of ether oxygens (including phenoxy) is 1. The smallest absolute Gasteiger partial charge is 0.317 e. The van der Waals surface area contributed by atoms with Crippen molar-refractivity contribution in [2.75, 3.05) is 32.8 Å². The van der Waals surface area contributed by atoms with E-state index in [4.69, 9.17) is 4.74 Å². The lowest BCUT2D eigenvalue weighted by Crippen LogP contribution is -2.48. The molecule has 1 aliphatic heterocycles. The molecule has 1 fully saturated rings. The molecule has 2 rings (SSSR count). The lowest BCUT2D eigenvalue weighted by atomic mass is 9.77. The summed E-state index contributed by atoms with van der Waals surface area (Å²) >= 11 is 0. The minimum Gasteiger partial charge on any atom is -0.491 e. The molecule has 5 nitrogen and oxygen atoms in total. The molecule has 1 saturated heterocycles. The normalized spacial score (nSPS) is 16.8. The van der Waals surface area contributed by atoms with Gasteiger partial charge in [-0.15, -0.1) is 0 Å². The van der Waals surface area contributed by atoms with Gasteiger partial charge in [-0.05, 0) is 42.2 Å². The van der Waals surface area contributed by atoms with Crippen molar-refractivity contribution in [3.05, 3.63) is 29.8 Å². The quantitative estimate of drug-likeness (QED) is 0.743. The Labute approximate surface area is 151 Å². The van der Waals surface area contributed by atoms with E-state index in [0.717, 1.165) is 25.0 Å². The Morgan fingerprint density at radius 1 is 1.32 bits per heavy atom. The second-order valence-electron chi connectivity index (χ2n) is 7.27. The van der Waals surface area contributed by atoms with Gasteiger partial charge in [-0.25, -0.2) is 4.79 Å². The number of amides is 2. The molecule has 0 atom stereocenters. The van der Waals surface area contributed by atoms with Gasteiger partial charge >= 0.3 is 6.03 Å². The molecular formula is C20H32N2O3. The third-order valence-electron chi connectivity index (χ3n) is 5.37. The van der Waals surface area contributed by atoms with E-state index in [1.54, 1.807) is 0 Å². The van der Waals surface area contributed by atoms with E-state index in [1.807, 2.05) is 23.1 Å². The van der Waals surface area contributed by atoms with Gasteiger partial charge in [0, 0.05) is 19.7 Å². The van der Waals surface area contributed by atoms with Gasteiger partial charge in [0.1, 0.15) is 12.4 Å². The van der Waals surface area contributed by atoms with E-state index >= 15 is 0 Å². The van der Waals surface area contributed by atoms with Crippen molar-refractivity contribution in [1.82, 2.24) is 10.2 Å². The van der Waals surface area contributed by atoms with Crippen molar-refractivity contribution in [3.63, 3.8) is 0 Å². The molecule has 0 bridgehead atoms. The first-order valence-electron chi connectivity index (χ1n) is 9.36. The van der Waals surface area contributed by atoms with Gasteiger partial charge in [-0.2, -0.15) is 0 Å². The summed E-state index contributed by atoms with van der Waals surface area (Å²) < 4.78 is 5.84. The van der Waals surface area contributed by atoms with Crippen molar-refractivity contribution in [2.45, 2.75) is 46.0 Å². The third-order valence-corrected chi connectivity index (χ3v) is 5.37. The first kappa shape index (κ1) is 19.6. The third kappa shape index (κ3) is 5.11. The maximum Gasteiger partial charge on any atom is 0.317 e. The Morgan fingerprint density at radius 3 is 2.60 bits per heavy atom. The molecule has 5 heteroatoms. The van der Waals surface area contributed by atoms with Gasteiger partial charge in [0.05, 0.1) is 6.54 Å². The summed E-state index contributed by atoms with van der Waals surface area (Å²) in [5, 5.41) is 12.5. The molecule has 0 radical (unpaired) electrons. The molecule has 0 spiro atoms. The van der Waals surface area contributed by atoms with Crippen molar-refractivity contribution in [1.29, 1.82) is 0 Å². The highest BCUT2D eigenvalue weighted by Crippen LogP contribution is 2.34. The molecule has 1 heterocycles. The second kappa shape index (κ2) is 9.09. The number of benzene rings is 1. The molecule has 25 heavy (non-hydrogen) atoms. The number of piperidine rings is 1. The number of rotatable bonds is 7. The van der Waals surface area contributed by atoms with Crippen LogP contribution >= 0.6 is 0 Å². The average Bonchev–Trinajstić information content (AvgIpc) is 2.65. The molecular weight excluding hydrogens is 316 g/mol. The molecule has 0 aliphatic carbocycles.